The van der Waals surface area contributed by atoms with Crippen molar-refractivity contribution in [1.82, 2.24) is 5.32 Å². The average molecular weight is 279 g/mol. The van der Waals surface area contributed by atoms with Crippen molar-refractivity contribution in [2.24, 2.45) is 0 Å². The fourth-order valence-electron chi connectivity index (χ4n) is 1.15. The van der Waals surface area contributed by atoms with Crippen molar-refractivity contribution < 1.29 is 28.0 Å². The number of alkyl halides is 3. The summed E-state index contributed by atoms with van der Waals surface area (Å²) in [4.78, 5) is 20.9. The van der Waals surface area contributed by atoms with Crippen LogP contribution in [0.4, 0.5) is 29.3 Å². The first-order chi connectivity index (χ1) is 8.70. The van der Waals surface area contributed by atoms with Crippen LogP contribution in [-0.2, 0) is 0 Å². The second-order valence-electron chi connectivity index (χ2n) is 3.35. The van der Waals surface area contributed by atoms with Gasteiger partial charge in [-0.1, -0.05) is 6.07 Å². The molecule has 0 fully saturated rings. The maximum absolute atomic E-state index is 11.8. The molecule has 7 nitrogen and oxygen atoms in total. The second-order valence-corrected chi connectivity index (χ2v) is 3.35. The highest BCUT2D eigenvalue weighted by Gasteiger charge is 2.28. The molecule has 3 N–H and O–H groups in total. The number of nitro benzene ring substituents is 1. The number of amides is 2. The van der Waals surface area contributed by atoms with E-state index in [9.17, 15) is 33.2 Å². The van der Waals surface area contributed by atoms with Gasteiger partial charge >= 0.3 is 12.2 Å². The summed E-state index contributed by atoms with van der Waals surface area (Å²) in [5.74, 6) is -0.628. The van der Waals surface area contributed by atoms with Crippen LogP contribution in [0.15, 0.2) is 18.2 Å². The highest BCUT2D eigenvalue weighted by atomic mass is 19.4. The third-order valence-corrected chi connectivity index (χ3v) is 1.91. The molecule has 1 aromatic carbocycles. The van der Waals surface area contributed by atoms with Gasteiger partial charge in [0.25, 0.3) is 5.69 Å². The molecule has 0 aromatic heterocycles. The topological polar surface area (TPSA) is 104 Å². The summed E-state index contributed by atoms with van der Waals surface area (Å²) in [6.45, 7) is -1.60. The van der Waals surface area contributed by atoms with Gasteiger partial charge in [-0.3, -0.25) is 15.4 Å². The highest BCUT2D eigenvalue weighted by molar-refractivity contribution is 5.93. The number of para-hydroxylation sites is 1. The fraction of sp³-hybridized carbons (Fsp3) is 0.222. The van der Waals surface area contributed by atoms with Crippen LogP contribution in [0.25, 0.3) is 0 Å². The van der Waals surface area contributed by atoms with Gasteiger partial charge in [0, 0.05) is 6.07 Å². The number of phenols is 1. The van der Waals surface area contributed by atoms with Gasteiger partial charge in [0.15, 0.2) is 5.69 Å². The maximum Gasteiger partial charge on any atom is 0.405 e. The van der Waals surface area contributed by atoms with E-state index in [1.54, 1.807) is 5.32 Å². The van der Waals surface area contributed by atoms with E-state index in [0.717, 1.165) is 18.2 Å². The lowest BCUT2D eigenvalue weighted by Crippen LogP contribution is -2.36. The Morgan fingerprint density at radius 3 is 2.58 bits per heavy atom. The first-order valence-electron chi connectivity index (χ1n) is 4.78. The van der Waals surface area contributed by atoms with E-state index in [1.807, 2.05) is 0 Å². The lowest BCUT2D eigenvalue weighted by atomic mass is 10.2. The van der Waals surface area contributed by atoms with Crippen LogP contribution in [0.2, 0.25) is 0 Å². The summed E-state index contributed by atoms with van der Waals surface area (Å²) in [7, 11) is 0. The molecule has 0 saturated carbocycles. The molecular weight excluding hydrogens is 271 g/mol. The van der Waals surface area contributed by atoms with E-state index in [2.05, 4.69) is 0 Å². The first-order valence-corrected chi connectivity index (χ1v) is 4.78. The maximum atomic E-state index is 11.8. The standard InChI is InChI=1S/C9H8F3N3O4/c10-9(11,12)4-13-8(17)14-7-5(15(18)19)2-1-3-6(7)16/h1-3,16H,4H2,(H2,13,14,17). The SMILES string of the molecule is O=C(NCC(F)(F)F)Nc1c(O)cccc1[N+](=O)[O-]. The lowest BCUT2D eigenvalue weighted by molar-refractivity contribution is -0.384. The minimum atomic E-state index is -4.61. The van der Waals surface area contributed by atoms with Crippen LogP contribution in [0.1, 0.15) is 0 Å². The number of aromatic hydroxyl groups is 1. The molecule has 0 saturated heterocycles. The number of hydrogen-bond donors (Lipinski definition) is 3. The highest BCUT2D eigenvalue weighted by Crippen LogP contribution is 2.32. The van der Waals surface area contributed by atoms with E-state index >= 15 is 0 Å². The van der Waals surface area contributed by atoms with Crippen LogP contribution >= 0.6 is 0 Å². The van der Waals surface area contributed by atoms with Gasteiger partial charge in [-0.2, -0.15) is 13.2 Å². The average Bonchev–Trinajstić information content (AvgIpc) is 2.28. The number of phenolic OH excluding ortho intramolecular Hbond substituents is 1. The molecule has 0 aliphatic carbocycles. The van der Waals surface area contributed by atoms with E-state index in [4.69, 9.17) is 0 Å². The normalized spacial score (nSPS) is 10.9. The molecule has 0 unspecified atom stereocenters. The van der Waals surface area contributed by atoms with Gasteiger partial charge in [-0.05, 0) is 6.07 Å². The van der Waals surface area contributed by atoms with Gasteiger partial charge < -0.3 is 10.4 Å². The molecule has 0 heterocycles. The lowest BCUT2D eigenvalue weighted by Gasteiger charge is -2.10. The Kier molecular flexibility index (Phi) is 4.14. The Balaban J connectivity index is 2.82. The second kappa shape index (κ2) is 5.42. The largest absolute Gasteiger partial charge is 0.505 e. The molecule has 1 aromatic rings. The number of urea groups is 1. The monoisotopic (exact) mass is 279 g/mol. The number of nitrogens with one attached hydrogen (secondary N) is 2. The zero-order valence-electron chi connectivity index (χ0n) is 9.19. The van der Waals surface area contributed by atoms with Gasteiger partial charge in [-0.15, -0.1) is 0 Å². The number of carbonyl (C=O) groups excluding carboxylic acids is 1. The Labute approximate surface area is 104 Å². The van der Waals surface area contributed by atoms with Gasteiger partial charge in [0.05, 0.1) is 4.92 Å². The van der Waals surface area contributed by atoms with Crippen molar-refractivity contribution in [3.8, 4) is 5.75 Å². The summed E-state index contributed by atoms with van der Waals surface area (Å²) in [5.41, 5.74) is -1.21. The summed E-state index contributed by atoms with van der Waals surface area (Å²) < 4.78 is 35.5. The van der Waals surface area contributed by atoms with Crippen molar-refractivity contribution >= 4 is 17.4 Å². The molecule has 19 heavy (non-hydrogen) atoms. The third kappa shape index (κ3) is 4.33. The zero-order valence-corrected chi connectivity index (χ0v) is 9.19. The molecule has 104 valence electrons. The Morgan fingerprint density at radius 2 is 2.05 bits per heavy atom. The molecular formula is C9H8F3N3O4. The van der Waals surface area contributed by atoms with Gasteiger partial charge in [0.1, 0.15) is 12.3 Å². The fourth-order valence-corrected chi connectivity index (χ4v) is 1.15. The van der Waals surface area contributed by atoms with Crippen molar-refractivity contribution in [1.29, 1.82) is 0 Å². The quantitative estimate of drug-likeness (QED) is 0.447. The summed E-state index contributed by atoms with van der Waals surface area (Å²) in [5, 5.41) is 23.2. The summed E-state index contributed by atoms with van der Waals surface area (Å²) in [6, 6.07) is 1.87. The molecule has 10 heteroatoms. The van der Waals surface area contributed by atoms with Crippen LogP contribution < -0.4 is 10.6 Å². The minimum absolute atomic E-state index is 0.577. The molecule has 0 bridgehead atoms. The molecule has 1 rings (SSSR count). The van der Waals surface area contributed by atoms with Crippen molar-refractivity contribution in [2.45, 2.75) is 6.18 Å². The van der Waals surface area contributed by atoms with Crippen LogP contribution in [0.3, 0.4) is 0 Å². The molecule has 0 aliphatic heterocycles. The molecule has 0 aliphatic rings. The molecule has 2 amide bonds. The van der Waals surface area contributed by atoms with E-state index in [1.165, 1.54) is 5.32 Å². The van der Waals surface area contributed by atoms with E-state index < -0.39 is 40.8 Å². The van der Waals surface area contributed by atoms with Crippen molar-refractivity contribution in [2.75, 3.05) is 11.9 Å². The third-order valence-electron chi connectivity index (χ3n) is 1.91. The summed E-state index contributed by atoms with van der Waals surface area (Å²) in [6.07, 6.45) is -4.61. The van der Waals surface area contributed by atoms with Crippen LogP contribution in [0, 0.1) is 10.1 Å². The predicted octanol–water partition coefficient (Wildman–Crippen LogP) is 1.98. The number of benzene rings is 1. The molecule has 0 radical (unpaired) electrons. The van der Waals surface area contributed by atoms with Crippen LogP contribution in [0.5, 0.6) is 5.75 Å². The summed E-state index contributed by atoms with van der Waals surface area (Å²) >= 11 is 0. The Morgan fingerprint density at radius 1 is 1.42 bits per heavy atom. The minimum Gasteiger partial charge on any atom is -0.505 e. The number of anilines is 1. The Hall–Kier alpha value is -2.52. The Bertz CT molecular complexity index is 504. The van der Waals surface area contributed by atoms with Crippen molar-refractivity contribution in [3.05, 3.63) is 28.3 Å². The number of halogens is 3. The number of nitrogens with zero attached hydrogens (tertiary/aromatic N) is 1. The van der Waals surface area contributed by atoms with Crippen LogP contribution in [-0.4, -0.2) is 28.8 Å². The van der Waals surface area contributed by atoms with Gasteiger partial charge in [0.2, 0.25) is 0 Å². The smallest absolute Gasteiger partial charge is 0.405 e. The number of carbonyl (C=O) groups is 1. The first kappa shape index (κ1) is 14.5. The van der Waals surface area contributed by atoms with E-state index in [0.29, 0.717) is 0 Å². The molecule has 0 spiro atoms. The van der Waals surface area contributed by atoms with Gasteiger partial charge in [-0.25, -0.2) is 4.79 Å². The van der Waals surface area contributed by atoms with E-state index in [-0.39, 0.29) is 0 Å². The zero-order chi connectivity index (χ0) is 14.6. The number of hydrogen-bond acceptors (Lipinski definition) is 4. The predicted molar refractivity (Wildman–Crippen MR) is 57.8 cm³/mol. The number of rotatable bonds is 3. The van der Waals surface area contributed by atoms with Crippen molar-refractivity contribution in [3.63, 3.8) is 0 Å². The number of nitro groups is 1. The molecule has 0 atom stereocenters.